The molecule has 7 nitrogen and oxygen atoms in total. The van der Waals surface area contributed by atoms with Gasteiger partial charge in [-0.1, -0.05) is 72.3 Å². The maximum absolute atomic E-state index is 13.1. The molecule has 1 aromatic heterocycles. The molecule has 174 valence electrons. The van der Waals surface area contributed by atoms with Crippen molar-refractivity contribution in [3.63, 3.8) is 0 Å². The summed E-state index contributed by atoms with van der Waals surface area (Å²) >= 11 is 0. The van der Waals surface area contributed by atoms with Gasteiger partial charge in [-0.15, -0.1) is 0 Å². The van der Waals surface area contributed by atoms with Crippen molar-refractivity contribution in [2.45, 2.75) is 13.5 Å². The van der Waals surface area contributed by atoms with Crippen LogP contribution < -0.4 is 10.0 Å². The number of aryl methyl sites for hydroxylation is 1. The molecule has 0 bridgehead atoms. The average Bonchev–Trinajstić information content (AvgIpc) is 3.30. The first-order chi connectivity index (χ1) is 16.4. The molecule has 3 aromatic carbocycles. The fourth-order valence-electron chi connectivity index (χ4n) is 3.51. The Hall–Kier alpha value is -3.75. The highest BCUT2D eigenvalue weighted by Gasteiger charge is 2.19. The fourth-order valence-corrected chi connectivity index (χ4v) is 4.42. The van der Waals surface area contributed by atoms with Gasteiger partial charge in [-0.3, -0.25) is 4.79 Å². The van der Waals surface area contributed by atoms with E-state index in [2.05, 4.69) is 15.1 Å². The fraction of sp³-hybridized carbons (Fsp3) is 0.154. The first kappa shape index (κ1) is 23.4. The van der Waals surface area contributed by atoms with E-state index in [9.17, 15) is 13.2 Å². The predicted molar refractivity (Wildman–Crippen MR) is 133 cm³/mol. The molecule has 1 amide bonds. The third-order valence-electron chi connectivity index (χ3n) is 5.27. The Kier molecular flexibility index (Phi) is 7.20. The number of carbonyl (C=O) groups excluding carboxylic acids is 1. The van der Waals surface area contributed by atoms with E-state index in [1.54, 1.807) is 10.9 Å². The molecule has 4 rings (SSSR count). The van der Waals surface area contributed by atoms with E-state index >= 15 is 0 Å². The van der Waals surface area contributed by atoms with Crippen molar-refractivity contribution in [1.82, 2.24) is 19.8 Å². The monoisotopic (exact) mass is 474 g/mol. The first-order valence-electron chi connectivity index (χ1n) is 10.9. The quantitative estimate of drug-likeness (QED) is 0.387. The van der Waals surface area contributed by atoms with Crippen molar-refractivity contribution in [3.05, 3.63) is 108 Å². The molecule has 2 N–H and O–H groups in total. The maximum atomic E-state index is 13.1. The lowest BCUT2D eigenvalue weighted by atomic mass is 10.1. The standard InChI is InChI=1S/C26H26N4O3S/c1-20-9-8-12-22(17-20)25-24(19-30(29-25)23-13-6-3-7-14-23)26(31)27-15-16-34(32,33)28-18-21-10-4-2-5-11-21/h2-14,17,19,28H,15-16,18H2,1H3,(H,27,31). The molecule has 0 spiro atoms. The third-order valence-corrected chi connectivity index (χ3v) is 6.59. The molecule has 0 radical (unpaired) electrons. The van der Waals surface area contributed by atoms with Crippen LogP contribution in [0.1, 0.15) is 21.5 Å². The van der Waals surface area contributed by atoms with Crippen LogP contribution >= 0.6 is 0 Å². The second kappa shape index (κ2) is 10.5. The van der Waals surface area contributed by atoms with Crippen LogP contribution in [0.4, 0.5) is 0 Å². The van der Waals surface area contributed by atoms with Gasteiger partial charge in [-0.2, -0.15) is 5.10 Å². The molecular formula is C26H26N4O3S. The van der Waals surface area contributed by atoms with E-state index in [0.717, 1.165) is 22.4 Å². The summed E-state index contributed by atoms with van der Waals surface area (Å²) < 4.78 is 28.9. The van der Waals surface area contributed by atoms with Gasteiger partial charge < -0.3 is 5.32 Å². The first-order valence-corrected chi connectivity index (χ1v) is 12.6. The van der Waals surface area contributed by atoms with Crippen LogP contribution in [0.3, 0.4) is 0 Å². The van der Waals surface area contributed by atoms with Crippen LogP contribution in [-0.4, -0.2) is 36.4 Å². The Balaban J connectivity index is 1.48. The van der Waals surface area contributed by atoms with Crippen molar-refractivity contribution < 1.29 is 13.2 Å². The molecule has 1 heterocycles. The maximum Gasteiger partial charge on any atom is 0.255 e. The minimum absolute atomic E-state index is 0.0211. The lowest BCUT2D eigenvalue weighted by Gasteiger charge is -2.08. The number of hydrogen-bond donors (Lipinski definition) is 2. The summed E-state index contributed by atoms with van der Waals surface area (Å²) in [4.78, 5) is 13.1. The minimum Gasteiger partial charge on any atom is -0.351 e. The highest BCUT2D eigenvalue weighted by Crippen LogP contribution is 2.24. The van der Waals surface area contributed by atoms with Crippen molar-refractivity contribution in [2.75, 3.05) is 12.3 Å². The van der Waals surface area contributed by atoms with Gasteiger partial charge in [-0.25, -0.2) is 17.8 Å². The number of aromatic nitrogens is 2. The van der Waals surface area contributed by atoms with Gasteiger partial charge in [-0.05, 0) is 30.7 Å². The topological polar surface area (TPSA) is 93.1 Å². The van der Waals surface area contributed by atoms with Crippen molar-refractivity contribution in [1.29, 1.82) is 0 Å². The summed E-state index contributed by atoms with van der Waals surface area (Å²) in [5.74, 6) is -0.602. The number of amides is 1. The highest BCUT2D eigenvalue weighted by molar-refractivity contribution is 7.89. The minimum atomic E-state index is -3.55. The molecule has 0 saturated heterocycles. The van der Waals surface area contributed by atoms with E-state index in [-0.39, 0.29) is 24.7 Å². The third kappa shape index (κ3) is 5.98. The molecule has 0 fully saturated rings. The normalized spacial score (nSPS) is 11.3. The van der Waals surface area contributed by atoms with Gasteiger partial charge in [0.05, 0.1) is 17.0 Å². The number of benzene rings is 3. The van der Waals surface area contributed by atoms with E-state index in [4.69, 9.17) is 0 Å². The van der Waals surface area contributed by atoms with Crippen LogP contribution in [0.2, 0.25) is 0 Å². The van der Waals surface area contributed by atoms with Crippen LogP contribution in [0.15, 0.2) is 91.1 Å². The molecule has 0 saturated carbocycles. The van der Waals surface area contributed by atoms with Crippen LogP contribution in [0, 0.1) is 6.92 Å². The molecule has 8 heteroatoms. The van der Waals surface area contributed by atoms with Crippen molar-refractivity contribution in [3.8, 4) is 16.9 Å². The Bertz CT molecular complexity index is 1370. The van der Waals surface area contributed by atoms with Crippen molar-refractivity contribution in [2.24, 2.45) is 0 Å². The van der Waals surface area contributed by atoms with Crippen LogP contribution in [0.25, 0.3) is 16.9 Å². The Morgan fingerprint density at radius 2 is 1.65 bits per heavy atom. The lowest BCUT2D eigenvalue weighted by molar-refractivity contribution is 0.0956. The molecule has 34 heavy (non-hydrogen) atoms. The van der Waals surface area contributed by atoms with Gasteiger partial charge in [0, 0.05) is 24.8 Å². The average molecular weight is 475 g/mol. The molecule has 0 atom stereocenters. The zero-order valence-corrected chi connectivity index (χ0v) is 19.6. The highest BCUT2D eigenvalue weighted by atomic mass is 32.2. The smallest absolute Gasteiger partial charge is 0.255 e. The molecule has 0 aliphatic carbocycles. The molecule has 4 aromatic rings. The predicted octanol–water partition coefficient (Wildman–Crippen LogP) is 3.70. The van der Waals surface area contributed by atoms with Crippen LogP contribution in [-0.2, 0) is 16.6 Å². The van der Waals surface area contributed by atoms with Gasteiger partial charge in [0.25, 0.3) is 5.91 Å². The number of carbonyl (C=O) groups is 1. The van der Waals surface area contributed by atoms with Gasteiger partial charge in [0.15, 0.2) is 0 Å². The Morgan fingerprint density at radius 3 is 2.35 bits per heavy atom. The number of para-hydroxylation sites is 1. The summed E-state index contributed by atoms with van der Waals surface area (Å²) in [7, 11) is -3.55. The molecule has 0 aliphatic heterocycles. The SMILES string of the molecule is Cc1cccc(-c2nn(-c3ccccc3)cc2C(=O)NCCS(=O)(=O)NCc2ccccc2)c1. The van der Waals surface area contributed by atoms with Crippen LogP contribution in [0.5, 0.6) is 0 Å². The van der Waals surface area contributed by atoms with Gasteiger partial charge in [0.2, 0.25) is 10.0 Å². The summed E-state index contributed by atoms with van der Waals surface area (Å²) in [6.07, 6.45) is 1.67. The molecular weight excluding hydrogens is 448 g/mol. The number of nitrogens with one attached hydrogen (secondary N) is 2. The number of hydrogen-bond acceptors (Lipinski definition) is 4. The van der Waals surface area contributed by atoms with Gasteiger partial charge in [0.1, 0.15) is 5.69 Å². The van der Waals surface area contributed by atoms with Gasteiger partial charge >= 0.3 is 0 Å². The largest absolute Gasteiger partial charge is 0.351 e. The summed E-state index contributed by atoms with van der Waals surface area (Å²) in [6, 6.07) is 26.5. The van der Waals surface area contributed by atoms with E-state index in [0.29, 0.717) is 11.3 Å². The Morgan fingerprint density at radius 1 is 0.941 bits per heavy atom. The number of nitrogens with zero attached hydrogens (tertiary/aromatic N) is 2. The second-order valence-corrected chi connectivity index (χ2v) is 9.85. The zero-order chi connectivity index (χ0) is 24.0. The van der Waals surface area contributed by atoms with Crippen molar-refractivity contribution >= 4 is 15.9 Å². The number of rotatable bonds is 9. The van der Waals surface area contributed by atoms with E-state index < -0.39 is 10.0 Å². The summed E-state index contributed by atoms with van der Waals surface area (Å²) in [5, 5.41) is 7.39. The number of sulfonamides is 1. The lowest BCUT2D eigenvalue weighted by Crippen LogP contribution is -2.34. The molecule has 0 unspecified atom stereocenters. The summed E-state index contributed by atoms with van der Waals surface area (Å²) in [6.45, 7) is 2.16. The molecule has 0 aliphatic rings. The zero-order valence-electron chi connectivity index (χ0n) is 18.8. The Labute approximate surface area is 199 Å². The van der Waals surface area contributed by atoms with E-state index in [1.165, 1.54) is 0 Å². The second-order valence-electron chi connectivity index (χ2n) is 7.92. The summed E-state index contributed by atoms with van der Waals surface area (Å²) in [5.41, 5.74) is 4.47. The van der Waals surface area contributed by atoms with E-state index in [1.807, 2.05) is 91.9 Å².